The Morgan fingerprint density at radius 2 is 1.79 bits per heavy atom. The zero-order valence-electron chi connectivity index (χ0n) is 18.5. The number of aromatic nitrogens is 2. The average Bonchev–Trinajstić information content (AvgIpc) is 2.83. The molecule has 8 heteroatoms. The Balaban J connectivity index is 1.50. The summed E-state index contributed by atoms with van der Waals surface area (Å²) in [5, 5.41) is 15.3. The number of rotatable bonds is 5. The van der Waals surface area contributed by atoms with Crippen molar-refractivity contribution in [1.29, 1.82) is 5.26 Å². The molecule has 2 aromatic carbocycles. The van der Waals surface area contributed by atoms with Crippen LogP contribution in [0.25, 0.3) is 21.9 Å². The number of nitrogens with zero attached hydrogens (tertiary/aromatic N) is 3. The molecule has 0 bridgehead atoms. The van der Waals surface area contributed by atoms with Gasteiger partial charge in [-0.3, -0.25) is 14.6 Å². The van der Waals surface area contributed by atoms with Gasteiger partial charge in [-0.2, -0.15) is 5.26 Å². The molecule has 0 spiro atoms. The van der Waals surface area contributed by atoms with Gasteiger partial charge < -0.3 is 16.4 Å². The Kier molecular flexibility index (Phi) is 6.46. The van der Waals surface area contributed by atoms with Crippen LogP contribution >= 0.6 is 0 Å². The first-order valence-corrected chi connectivity index (χ1v) is 10.6. The molecule has 2 aromatic heterocycles. The number of nitrogen functional groups attached to an aromatic ring is 1. The van der Waals surface area contributed by atoms with Crippen LogP contribution in [0.4, 0.5) is 17.2 Å². The molecule has 4 rings (SSSR count). The van der Waals surface area contributed by atoms with Crippen molar-refractivity contribution in [2.75, 3.05) is 16.4 Å². The summed E-state index contributed by atoms with van der Waals surface area (Å²) in [4.78, 5) is 33.2. The summed E-state index contributed by atoms with van der Waals surface area (Å²) >= 11 is 0. The minimum absolute atomic E-state index is 0.235. The van der Waals surface area contributed by atoms with E-state index in [1.807, 2.05) is 37.3 Å². The summed E-state index contributed by atoms with van der Waals surface area (Å²) in [5.41, 5.74) is 11.2. The largest absolute Gasteiger partial charge is 0.398 e. The molecule has 8 nitrogen and oxygen atoms in total. The van der Waals surface area contributed by atoms with Crippen molar-refractivity contribution in [2.24, 2.45) is 0 Å². The van der Waals surface area contributed by atoms with E-state index in [1.54, 1.807) is 36.8 Å². The Bertz CT molecular complexity index is 1420. The van der Waals surface area contributed by atoms with E-state index in [0.717, 1.165) is 33.0 Å². The molecule has 0 saturated heterocycles. The lowest BCUT2D eigenvalue weighted by Gasteiger charge is -2.11. The maximum atomic E-state index is 12.4. The number of nitrogens with two attached hydrogens (primary N) is 1. The van der Waals surface area contributed by atoms with Crippen LogP contribution in [-0.2, 0) is 16.0 Å². The first-order chi connectivity index (χ1) is 16.4. The highest BCUT2D eigenvalue weighted by atomic mass is 16.2. The van der Waals surface area contributed by atoms with Gasteiger partial charge in [-0.15, -0.1) is 0 Å². The second-order valence-corrected chi connectivity index (χ2v) is 7.81. The van der Waals surface area contributed by atoms with E-state index in [0.29, 0.717) is 24.2 Å². The van der Waals surface area contributed by atoms with Crippen LogP contribution < -0.4 is 16.4 Å². The SMILES string of the molecule is Cc1ccncc1-c1cc(N)c2cnc(NC(=O)C(=O)Nc3ccc(CCC#N)cc3)cc2c1. The third-order valence-corrected chi connectivity index (χ3v) is 5.40. The summed E-state index contributed by atoms with van der Waals surface area (Å²) in [7, 11) is 0. The first kappa shape index (κ1) is 22.4. The summed E-state index contributed by atoms with van der Waals surface area (Å²) in [6, 6.07) is 16.5. The quantitative estimate of drug-likeness (QED) is 0.308. The van der Waals surface area contributed by atoms with Gasteiger partial charge in [0.25, 0.3) is 0 Å². The van der Waals surface area contributed by atoms with Gasteiger partial charge in [0.05, 0.1) is 6.07 Å². The molecule has 2 amide bonds. The predicted molar refractivity (Wildman–Crippen MR) is 132 cm³/mol. The molecule has 0 saturated carbocycles. The number of hydrogen-bond donors (Lipinski definition) is 3. The predicted octanol–water partition coefficient (Wildman–Crippen LogP) is 4.22. The maximum absolute atomic E-state index is 12.4. The molecule has 4 aromatic rings. The Labute approximate surface area is 196 Å². The molecule has 0 aliphatic carbocycles. The third-order valence-electron chi connectivity index (χ3n) is 5.40. The van der Waals surface area contributed by atoms with Crippen molar-refractivity contribution < 1.29 is 9.59 Å². The second-order valence-electron chi connectivity index (χ2n) is 7.81. The minimum Gasteiger partial charge on any atom is -0.398 e. The van der Waals surface area contributed by atoms with E-state index in [9.17, 15) is 9.59 Å². The lowest BCUT2D eigenvalue weighted by molar-refractivity contribution is -0.133. The number of carbonyl (C=O) groups excluding carboxylic acids is 2. The number of amides is 2. The van der Waals surface area contributed by atoms with Crippen molar-refractivity contribution in [1.82, 2.24) is 9.97 Å². The normalized spacial score (nSPS) is 10.5. The van der Waals surface area contributed by atoms with E-state index in [2.05, 4.69) is 26.7 Å². The lowest BCUT2D eigenvalue weighted by atomic mass is 9.99. The zero-order valence-corrected chi connectivity index (χ0v) is 18.5. The van der Waals surface area contributed by atoms with Crippen LogP contribution in [-0.4, -0.2) is 21.8 Å². The first-order valence-electron chi connectivity index (χ1n) is 10.6. The number of pyridine rings is 2. The van der Waals surface area contributed by atoms with Crippen LogP contribution in [0, 0.1) is 18.3 Å². The van der Waals surface area contributed by atoms with Gasteiger partial charge >= 0.3 is 11.8 Å². The highest BCUT2D eigenvalue weighted by molar-refractivity contribution is 6.43. The molecule has 34 heavy (non-hydrogen) atoms. The number of fused-ring (bicyclic) bond motifs is 1. The number of hydrogen-bond acceptors (Lipinski definition) is 6. The van der Waals surface area contributed by atoms with Crippen LogP contribution in [0.3, 0.4) is 0 Å². The van der Waals surface area contributed by atoms with Gasteiger partial charge in [0, 0.05) is 47.3 Å². The highest BCUT2D eigenvalue weighted by Crippen LogP contribution is 2.31. The molecule has 0 aliphatic rings. The van der Waals surface area contributed by atoms with Gasteiger partial charge in [-0.25, -0.2) is 4.98 Å². The van der Waals surface area contributed by atoms with Gasteiger partial charge in [-0.05, 0) is 71.8 Å². The van der Waals surface area contributed by atoms with Crippen LogP contribution in [0.1, 0.15) is 17.5 Å². The monoisotopic (exact) mass is 450 g/mol. The summed E-state index contributed by atoms with van der Waals surface area (Å²) in [5.74, 6) is -1.42. The number of aryl methyl sites for hydroxylation is 2. The van der Waals surface area contributed by atoms with E-state index in [1.165, 1.54) is 0 Å². The van der Waals surface area contributed by atoms with Crippen LogP contribution in [0.5, 0.6) is 0 Å². The van der Waals surface area contributed by atoms with Crippen LogP contribution in [0.15, 0.2) is 67.1 Å². The number of nitrogens with one attached hydrogen (secondary N) is 2. The molecule has 168 valence electrons. The molecule has 0 unspecified atom stereocenters. The van der Waals surface area contributed by atoms with E-state index in [-0.39, 0.29) is 5.82 Å². The minimum atomic E-state index is -0.840. The Hall–Kier alpha value is -4.77. The van der Waals surface area contributed by atoms with Crippen LogP contribution in [0.2, 0.25) is 0 Å². The number of carbonyl (C=O) groups is 2. The fraction of sp³-hybridized carbons (Fsp3) is 0.115. The summed E-state index contributed by atoms with van der Waals surface area (Å²) < 4.78 is 0. The van der Waals surface area contributed by atoms with E-state index < -0.39 is 11.8 Å². The second kappa shape index (κ2) is 9.79. The number of nitriles is 1. The fourth-order valence-corrected chi connectivity index (χ4v) is 3.59. The Morgan fingerprint density at radius 3 is 2.53 bits per heavy atom. The lowest BCUT2D eigenvalue weighted by Crippen LogP contribution is -2.29. The van der Waals surface area contributed by atoms with Crippen molar-refractivity contribution in [3.05, 3.63) is 78.2 Å². The molecule has 0 fully saturated rings. The standard InChI is InChI=1S/C26H22N6O2/c1-16-8-10-29-14-21(16)18-11-19-13-24(30-15-22(19)23(28)12-18)32-26(34)25(33)31-20-6-4-17(5-7-20)3-2-9-27/h4-8,10-15H,2-3,28H2,1H3,(H,31,33)(H,30,32,34). The van der Waals surface area contributed by atoms with Gasteiger partial charge in [-0.1, -0.05) is 12.1 Å². The third kappa shape index (κ3) is 5.00. The van der Waals surface area contributed by atoms with Crippen molar-refractivity contribution in [3.8, 4) is 17.2 Å². The fourth-order valence-electron chi connectivity index (χ4n) is 3.59. The van der Waals surface area contributed by atoms with Crippen molar-refractivity contribution in [2.45, 2.75) is 19.8 Å². The smallest absolute Gasteiger partial charge is 0.315 e. The molecule has 4 N–H and O–H groups in total. The molecular formula is C26H22N6O2. The molecule has 0 atom stereocenters. The number of benzene rings is 2. The van der Waals surface area contributed by atoms with Crippen molar-refractivity contribution in [3.63, 3.8) is 0 Å². The summed E-state index contributed by atoms with van der Waals surface area (Å²) in [6.07, 6.45) is 6.13. The number of anilines is 3. The average molecular weight is 451 g/mol. The van der Waals surface area contributed by atoms with Crippen molar-refractivity contribution >= 4 is 39.8 Å². The molecule has 2 heterocycles. The van der Waals surface area contributed by atoms with Gasteiger partial charge in [0.2, 0.25) is 0 Å². The van der Waals surface area contributed by atoms with E-state index >= 15 is 0 Å². The molecular weight excluding hydrogens is 428 g/mol. The summed E-state index contributed by atoms with van der Waals surface area (Å²) in [6.45, 7) is 1.99. The van der Waals surface area contributed by atoms with Gasteiger partial charge in [0.1, 0.15) is 5.82 Å². The molecule has 0 radical (unpaired) electrons. The van der Waals surface area contributed by atoms with E-state index in [4.69, 9.17) is 11.0 Å². The molecule has 0 aliphatic heterocycles. The Morgan fingerprint density at radius 1 is 1.03 bits per heavy atom. The highest BCUT2D eigenvalue weighted by Gasteiger charge is 2.15. The zero-order chi connectivity index (χ0) is 24.1. The topological polar surface area (TPSA) is 134 Å². The maximum Gasteiger partial charge on any atom is 0.315 e. The van der Waals surface area contributed by atoms with Gasteiger partial charge in [0.15, 0.2) is 0 Å².